The number of benzene rings is 2. The average molecular weight is 359 g/mol. The molecule has 0 aromatic heterocycles. The average Bonchev–Trinajstić information content (AvgIpc) is 2.79. The smallest absolute Gasteiger partial charge is 0.144 e. The number of hydrogen-bond acceptors (Lipinski definition) is 4. The summed E-state index contributed by atoms with van der Waals surface area (Å²) >= 11 is 6.00. The summed E-state index contributed by atoms with van der Waals surface area (Å²) in [7, 11) is 0. The van der Waals surface area contributed by atoms with Gasteiger partial charge in [0.15, 0.2) is 0 Å². The van der Waals surface area contributed by atoms with E-state index in [0.717, 1.165) is 49.7 Å². The third-order valence-electron chi connectivity index (χ3n) is 4.68. The summed E-state index contributed by atoms with van der Waals surface area (Å²) in [6.45, 7) is 5.74. The molecule has 0 unspecified atom stereocenters. The number of fused-ring (bicyclic) bond motifs is 2. The van der Waals surface area contributed by atoms with Crippen LogP contribution in [0.25, 0.3) is 0 Å². The quantitative estimate of drug-likeness (QED) is 0.806. The lowest BCUT2D eigenvalue weighted by Crippen LogP contribution is -2.46. The Hall–Kier alpha value is -2.11. The second kappa shape index (κ2) is 6.65. The number of halogens is 2. The molecule has 130 valence electrons. The van der Waals surface area contributed by atoms with Crippen LogP contribution in [-0.2, 0) is 6.42 Å². The van der Waals surface area contributed by atoms with E-state index in [9.17, 15) is 4.39 Å². The molecular weight excluding hydrogens is 339 g/mol. The van der Waals surface area contributed by atoms with Gasteiger partial charge in [-0.1, -0.05) is 24.6 Å². The second-order valence-electron chi connectivity index (χ2n) is 6.31. The van der Waals surface area contributed by atoms with Crippen molar-refractivity contribution in [3.8, 4) is 0 Å². The van der Waals surface area contributed by atoms with Gasteiger partial charge in [0.2, 0.25) is 0 Å². The molecule has 0 amide bonds. The number of aliphatic imine (C=N–C) groups is 1. The minimum atomic E-state index is -0.443. The highest BCUT2D eigenvalue weighted by molar-refractivity contribution is 6.31. The van der Waals surface area contributed by atoms with E-state index < -0.39 is 5.82 Å². The minimum absolute atomic E-state index is 0.0872. The summed E-state index contributed by atoms with van der Waals surface area (Å²) in [6, 6.07) is 9.36. The summed E-state index contributed by atoms with van der Waals surface area (Å²) in [5, 5.41) is 6.81. The van der Waals surface area contributed by atoms with Gasteiger partial charge in [-0.3, -0.25) is 0 Å². The van der Waals surface area contributed by atoms with Gasteiger partial charge in [-0.2, -0.15) is 0 Å². The van der Waals surface area contributed by atoms with Crippen molar-refractivity contribution in [3.05, 3.63) is 52.3 Å². The topological polar surface area (TPSA) is 39.7 Å². The lowest BCUT2D eigenvalue weighted by molar-refractivity contribution is 0.358. The summed E-state index contributed by atoms with van der Waals surface area (Å²) in [4.78, 5) is 7.14. The van der Waals surface area contributed by atoms with Gasteiger partial charge in [0.25, 0.3) is 0 Å². The maximum absolute atomic E-state index is 14.0. The van der Waals surface area contributed by atoms with Gasteiger partial charge in [-0.15, -0.1) is 0 Å². The Morgan fingerprint density at radius 3 is 2.72 bits per heavy atom. The Bertz CT molecular complexity index is 844. The van der Waals surface area contributed by atoms with Gasteiger partial charge < -0.3 is 15.5 Å². The Morgan fingerprint density at radius 1 is 1.16 bits per heavy atom. The first-order valence-electron chi connectivity index (χ1n) is 8.59. The molecular formula is C19H20ClFN4. The number of anilines is 2. The number of rotatable bonds is 1. The second-order valence-corrected chi connectivity index (χ2v) is 6.72. The van der Waals surface area contributed by atoms with Gasteiger partial charge >= 0.3 is 0 Å². The van der Waals surface area contributed by atoms with E-state index in [2.05, 4.69) is 40.7 Å². The first-order chi connectivity index (χ1) is 12.2. The number of amidine groups is 1. The summed E-state index contributed by atoms with van der Waals surface area (Å²) in [6.07, 6.45) is 0.941. The summed E-state index contributed by atoms with van der Waals surface area (Å²) < 4.78 is 14.0. The van der Waals surface area contributed by atoms with Crippen LogP contribution in [0.5, 0.6) is 0 Å². The van der Waals surface area contributed by atoms with Crippen LogP contribution < -0.4 is 10.6 Å². The lowest BCUT2D eigenvalue weighted by Gasteiger charge is -2.30. The normalized spacial score (nSPS) is 16.4. The van der Waals surface area contributed by atoms with E-state index in [0.29, 0.717) is 11.4 Å². The molecule has 0 spiro atoms. The molecule has 0 saturated carbocycles. The number of nitrogens with one attached hydrogen (secondary N) is 2. The van der Waals surface area contributed by atoms with Crippen LogP contribution in [0.1, 0.15) is 18.1 Å². The summed E-state index contributed by atoms with van der Waals surface area (Å²) in [5.74, 6) is 0.468. The number of nitrogens with zero attached hydrogens (tertiary/aromatic N) is 2. The maximum atomic E-state index is 14.0. The van der Waals surface area contributed by atoms with Gasteiger partial charge in [0.1, 0.15) is 11.7 Å². The van der Waals surface area contributed by atoms with Crippen LogP contribution in [0.15, 0.2) is 35.3 Å². The SMILES string of the molecule is CCc1ccc2c(c1)Nc1cc(F)c(Cl)cc1N=C2N1CCNCC1. The molecule has 0 radical (unpaired) electrons. The van der Waals surface area contributed by atoms with Crippen LogP contribution >= 0.6 is 11.6 Å². The molecule has 4 nitrogen and oxygen atoms in total. The Balaban J connectivity index is 1.89. The number of piperazine rings is 1. The van der Waals surface area contributed by atoms with Crippen LogP contribution in [-0.4, -0.2) is 36.9 Å². The standard InChI is InChI=1S/C19H20ClFN4/c1-2-12-3-4-13-16(9-12)23-18-11-15(21)14(20)10-17(18)24-19(13)25-7-5-22-6-8-25/h3-4,9-11,22-23H,2,5-8H2,1H3. The molecule has 25 heavy (non-hydrogen) atoms. The van der Waals surface area contributed by atoms with Crippen molar-refractivity contribution in [2.24, 2.45) is 4.99 Å². The largest absolute Gasteiger partial charge is 0.353 e. The van der Waals surface area contributed by atoms with Crippen molar-refractivity contribution in [1.82, 2.24) is 10.2 Å². The molecule has 2 N–H and O–H groups in total. The number of aryl methyl sites for hydroxylation is 1. The molecule has 0 atom stereocenters. The van der Waals surface area contributed by atoms with Crippen molar-refractivity contribution in [1.29, 1.82) is 0 Å². The molecule has 2 aliphatic rings. The van der Waals surface area contributed by atoms with E-state index >= 15 is 0 Å². The first-order valence-corrected chi connectivity index (χ1v) is 8.97. The fourth-order valence-electron chi connectivity index (χ4n) is 3.28. The molecule has 2 aromatic rings. The zero-order chi connectivity index (χ0) is 17.4. The highest BCUT2D eigenvalue weighted by atomic mass is 35.5. The third kappa shape index (κ3) is 3.10. The number of hydrogen-bond donors (Lipinski definition) is 2. The van der Waals surface area contributed by atoms with Crippen LogP contribution in [0, 0.1) is 5.82 Å². The summed E-state index contributed by atoms with van der Waals surface area (Å²) in [5.41, 5.74) is 4.52. The molecule has 6 heteroatoms. The van der Waals surface area contributed by atoms with Crippen molar-refractivity contribution < 1.29 is 4.39 Å². The maximum Gasteiger partial charge on any atom is 0.144 e. The van der Waals surface area contributed by atoms with E-state index in [4.69, 9.17) is 16.6 Å². The lowest BCUT2D eigenvalue weighted by atomic mass is 10.1. The zero-order valence-corrected chi connectivity index (χ0v) is 14.8. The van der Waals surface area contributed by atoms with Crippen LogP contribution in [0.3, 0.4) is 0 Å². The van der Waals surface area contributed by atoms with Crippen molar-refractivity contribution in [2.45, 2.75) is 13.3 Å². The predicted molar refractivity (Wildman–Crippen MR) is 101 cm³/mol. The van der Waals surface area contributed by atoms with E-state index in [1.807, 2.05) is 0 Å². The van der Waals surface area contributed by atoms with Crippen molar-refractivity contribution in [3.63, 3.8) is 0 Å². The molecule has 0 aliphatic carbocycles. The van der Waals surface area contributed by atoms with E-state index in [1.165, 1.54) is 11.6 Å². The monoisotopic (exact) mass is 358 g/mol. The third-order valence-corrected chi connectivity index (χ3v) is 4.97. The highest BCUT2D eigenvalue weighted by Gasteiger charge is 2.23. The Kier molecular flexibility index (Phi) is 4.36. The fraction of sp³-hybridized carbons (Fsp3) is 0.316. The molecule has 1 fully saturated rings. The fourth-order valence-corrected chi connectivity index (χ4v) is 3.43. The molecule has 2 heterocycles. The van der Waals surface area contributed by atoms with Gasteiger partial charge in [-0.05, 0) is 30.2 Å². The Morgan fingerprint density at radius 2 is 1.96 bits per heavy atom. The van der Waals surface area contributed by atoms with Crippen LogP contribution in [0.2, 0.25) is 5.02 Å². The highest BCUT2D eigenvalue weighted by Crippen LogP contribution is 2.38. The van der Waals surface area contributed by atoms with E-state index in [-0.39, 0.29) is 5.02 Å². The van der Waals surface area contributed by atoms with Crippen molar-refractivity contribution >= 4 is 34.5 Å². The van der Waals surface area contributed by atoms with Gasteiger partial charge in [0, 0.05) is 43.5 Å². The predicted octanol–water partition coefficient (Wildman–Crippen LogP) is 4.08. The molecule has 0 bridgehead atoms. The van der Waals surface area contributed by atoms with Gasteiger partial charge in [-0.25, -0.2) is 9.38 Å². The minimum Gasteiger partial charge on any atom is -0.353 e. The molecule has 1 saturated heterocycles. The Labute approximate surface area is 151 Å². The molecule has 2 aliphatic heterocycles. The van der Waals surface area contributed by atoms with E-state index in [1.54, 1.807) is 6.07 Å². The zero-order valence-electron chi connectivity index (χ0n) is 14.1. The van der Waals surface area contributed by atoms with Crippen LogP contribution in [0.4, 0.5) is 21.5 Å². The molecule has 2 aromatic carbocycles. The van der Waals surface area contributed by atoms with Crippen molar-refractivity contribution in [2.75, 3.05) is 31.5 Å². The molecule has 4 rings (SSSR count). The van der Waals surface area contributed by atoms with Gasteiger partial charge in [0.05, 0.1) is 16.4 Å². The first kappa shape index (κ1) is 16.4.